The molecule has 118 valence electrons. The molecule has 0 amide bonds. The van der Waals surface area contributed by atoms with Gasteiger partial charge >= 0.3 is 0 Å². The molecule has 21 heavy (non-hydrogen) atoms. The van der Waals surface area contributed by atoms with E-state index in [9.17, 15) is 0 Å². The van der Waals surface area contributed by atoms with E-state index in [1.165, 1.54) is 0 Å². The Labute approximate surface area is 128 Å². The van der Waals surface area contributed by atoms with E-state index in [1.54, 1.807) is 14.2 Å². The van der Waals surface area contributed by atoms with Gasteiger partial charge in [0.15, 0.2) is 0 Å². The van der Waals surface area contributed by atoms with E-state index in [4.69, 9.17) is 15.2 Å². The molecule has 2 unspecified atom stereocenters. The van der Waals surface area contributed by atoms with E-state index in [1.807, 2.05) is 12.1 Å². The lowest BCUT2D eigenvalue weighted by molar-refractivity contribution is 0.0372. The fraction of sp³-hybridized carbons (Fsp3) is 0.647. The number of nitrogens with zero attached hydrogens (tertiary/aromatic N) is 1. The minimum absolute atomic E-state index is 0.0770. The van der Waals surface area contributed by atoms with Crippen LogP contribution in [0.5, 0.6) is 11.5 Å². The fourth-order valence-electron chi connectivity index (χ4n) is 3.24. The molecule has 2 N–H and O–H groups in total. The predicted octanol–water partition coefficient (Wildman–Crippen LogP) is 2.97. The van der Waals surface area contributed by atoms with Crippen molar-refractivity contribution in [2.75, 3.05) is 20.8 Å². The molecule has 4 nitrogen and oxygen atoms in total. The van der Waals surface area contributed by atoms with Crippen LogP contribution in [0.15, 0.2) is 18.2 Å². The fourth-order valence-corrected chi connectivity index (χ4v) is 3.24. The van der Waals surface area contributed by atoms with Crippen molar-refractivity contribution in [2.24, 2.45) is 5.73 Å². The van der Waals surface area contributed by atoms with Crippen molar-refractivity contribution in [2.45, 2.75) is 51.2 Å². The zero-order valence-corrected chi connectivity index (χ0v) is 13.8. The third-order valence-electron chi connectivity index (χ3n) is 4.30. The van der Waals surface area contributed by atoms with Crippen molar-refractivity contribution in [1.82, 2.24) is 4.90 Å². The van der Waals surface area contributed by atoms with Gasteiger partial charge in [-0.3, -0.25) is 4.90 Å². The number of nitrogens with two attached hydrogens (primary N) is 1. The van der Waals surface area contributed by atoms with Gasteiger partial charge in [0.25, 0.3) is 0 Å². The number of ether oxygens (including phenoxy) is 2. The van der Waals surface area contributed by atoms with Crippen molar-refractivity contribution in [3.05, 3.63) is 23.8 Å². The Hall–Kier alpha value is -1.26. The van der Waals surface area contributed by atoms with Crippen LogP contribution in [0.25, 0.3) is 0 Å². The zero-order chi connectivity index (χ0) is 15.6. The lowest BCUT2D eigenvalue weighted by atomic mass is 9.86. The normalized spacial score (nSPS) is 23.9. The molecule has 0 saturated carbocycles. The number of likely N-dealkylation sites (tertiary alicyclic amines) is 1. The first-order valence-electron chi connectivity index (χ1n) is 7.62. The molecular weight excluding hydrogens is 264 g/mol. The SMILES string of the molecule is COc1ccc(C2C(N)CCCN2C(C)(C)C)c(OC)c1. The summed E-state index contributed by atoms with van der Waals surface area (Å²) in [5, 5.41) is 0. The van der Waals surface area contributed by atoms with Crippen molar-refractivity contribution in [1.29, 1.82) is 0 Å². The van der Waals surface area contributed by atoms with Crippen molar-refractivity contribution in [3.8, 4) is 11.5 Å². The molecule has 2 atom stereocenters. The Kier molecular flexibility index (Phi) is 4.79. The summed E-state index contributed by atoms with van der Waals surface area (Å²) < 4.78 is 10.9. The summed E-state index contributed by atoms with van der Waals surface area (Å²) in [6.07, 6.45) is 2.19. The number of hydrogen-bond donors (Lipinski definition) is 1. The highest BCUT2D eigenvalue weighted by Gasteiger charge is 2.37. The Morgan fingerprint density at radius 1 is 1.19 bits per heavy atom. The lowest BCUT2D eigenvalue weighted by Gasteiger charge is -2.47. The Bertz CT molecular complexity index is 482. The molecular formula is C17H28N2O2. The molecule has 0 bridgehead atoms. The van der Waals surface area contributed by atoms with E-state index in [2.05, 4.69) is 31.7 Å². The molecule has 4 heteroatoms. The van der Waals surface area contributed by atoms with Gasteiger partial charge in [-0.05, 0) is 52.3 Å². The number of benzene rings is 1. The molecule has 1 aliphatic rings. The number of hydrogen-bond acceptors (Lipinski definition) is 4. The molecule has 1 aliphatic heterocycles. The van der Waals surface area contributed by atoms with Crippen LogP contribution >= 0.6 is 0 Å². The first kappa shape index (κ1) is 16.1. The van der Waals surface area contributed by atoms with Gasteiger partial charge in [-0.15, -0.1) is 0 Å². The summed E-state index contributed by atoms with van der Waals surface area (Å²) in [4.78, 5) is 2.49. The standard InChI is InChI=1S/C17H28N2O2/c1-17(2,3)19-10-6-7-14(18)16(19)13-9-8-12(20-4)11-15(13)21-5/h8-9,11,14,16H,6-7,10,18H2,1-5H3. The van der Waals surface area contributed by atoms with Crippen molar-refractivity contribution in [3.63, 3.8) is 0 Å². The van der Waals surface area contributed by atoms with Crippen LogP contribution in [-0.4, -0.2) is 37.2 Å². The quantitative estimate of drug-likeness (QED) is 0.930. The average molecular weight is 292 g/mol. The van der Waals surface area contributed by atoms with Gasteiger partial charge in [0.05, 0.1) is 20.3 Å². The number of piperidine rings is 1. The third kappa shape index (κ3) is 3.33. The summed E-state index contributed by atoms with van der Waals surface area (Å²) in [5.74, 6) is 1.66. The number of methoxy groups -OCH3 is 2. The highest BCUT2D eigenvalue weighted by atomic mass is 16.5. The van der Waals surface area contributed by atoms with Gasteiger partial charge < -0.3 is 15.2 Å². The van der Waals surface area contributed by atoms with Gasteiger partial charge in [0, 0.05) is 23.2 Å². The van der Waals surface area contributed by atoms with Crippen LogP contribution < -0.4 is 15.2 Å². The highest BCUT2D eigenvalue weighted by Crippen LogP contribution is 2.40. The van der Waals surface area contributed by atoms with Crippen LogP contribution in [0.4, 0.5) is 0 Å². The van der Waals surface area contributed by atoms with Crippen LogP contribution in [0.3, 0.4) is 0 Å². The van der Waals surface area contributed by atoms with E-state index in [0.29, 0.717) is 0 Å². The van der Waals surface area contributed by atoms with Crippen LogP contribution in [0.2, 0.25) is 0 Å². The van der Waals surface area contributed by atoms with Crippen LogP contribution in [-0.2, 0) is 0 Å². The van der Waals surface area contributed by atoms with Crippen molar-refractivity contribution < 1.29 is 9.47 Å². The monoisotopic (exact) mass is 292 g/mol. The van der Waals surface area contributed by atoms with Gasteiger partial charge in [-0.25, -0.2) is 0 Å². The maximum Gasteiger partial charge on any atom is 0.127 e. The Balaban J connectivity index is 2.45. The number of rotatable bonds is 3. The smallest absolute Gasteiger partial charge is 0.127 e. The van der Waals surface area contributed by atoms with Gasteiger partial charge in [0.2, 0.25) is 0 Å². The topological polar surface area (TPSA) is 47.7 Å². The second-order valence-electron chi connectivity index (χ2n) is 6.72. The summed E-state index contributed by atoms with van der Waals surface area (Å²) in [6, 6.07) is 6.32. The largest absolute Gasteiger partial charge is 0.497 e. The lowest BCUT2D eigenvalue weighted by Crippen LogP contribution is -2.53. The Morgan fingerprint density at radius 2 is 1.90 bits per heavy atom. The van der Waals surface area contributed by atoms with Gasteiger partial charge in [0.1, 0.15) is 11.5 Å². The summed E-state index contributed by atoms with van der Waals surface area (Å²) in [6.45, 7) is 7.80. The zero-order valence-electron chi connectivity index (χ0n) is 13.8. The molecule has 0 aromatic heterocycles. The molecule has 2 rings (SSSR count). The van der Waals surface area contributed by atoms with Gasteiger partial charge in [-0.1, -0.05) is 0 Å². The highest BCUT2D eigenvalue weighted by molar-refractivity contribution is 5.43. The van der Waals surface area contributed by atoms with E-state index < -0.39 is 0 Å². The van der Waals surface area contributed by atoms with Crippen LogP contribution in [0.1, 0.15) is 45.2 Å². The Morgan fingerprint density at radius 3 is 2.48 bits per heavy atom. The molecule has 1 aromatic rings. The molecule has 1 aromatic carbocycles. The summed E-state index contributed by atoms with van der Waals surface area (Å²) >= 11 is 0. The average Bonchev–Trinajstić information content (AvgIpc) is 2.45. The minimum atomic E-state index is 0.0770. The van der Waals surface area contributed by atoms with E-state index in [-0.39, 0.29) is 17.6 Å². The second-order valence-corrected chi connectivity index (χ2v) is 6.72. The van der Waals surface area contributed by atoms with Gasteiger partial charge in [-0.2, -0.15) is 0 Å². The minimum Gasteiger partial charge on any atom is -0.497 e. The second kappa shape index (κ2) is 6.24. The molecule has 1 heterocycles. The van der Waals surface area contributed by atoms with E-state index in [0.717, 1.165) is 36.4 Å². The first-order chi connectivity index (χ1) is 9.88. The van der Waals surface area contributed by atoms with E-state index >= 15 is 0 Å². The summed E-state index contributed by atoms with van der Waals surface area (Å²) in [7, 11) is 3.37. The molecule has 0 spiro atoms. The van der Waals surface area contributed by atoms with Crippen LogP contribution in [0, 0.1) is 0 Å². The predicted molar refractivity (Wildman–Crippen MR) is 86.0 cm³/mol. The summed E-state index contributed by atoms with van der Waals surface area (Å²) in [5.41, 5.74) is 7.69. The molecule has 0 radical (unpaired) electrons. The molecule has 1 fully saturated rings. The third-order valence-corrected chi connectivity index (χ3v) is 4.30. The molecule has 1 saturated heterocycles. The molecule has 0 aliphatic carbocycles. The first-order valence-corrected chi connectivity index (χ1v) is 7.62. The maximum atomic E-state index is 6.46. The van der Waals surface area contributed by atoms with Crippen molar-refractivity contribution >= 4 is 0 Å². The maximum absolute atomic E-state index is 6.46.